The van der Waals surface area contributed by atoms with Gasteiger partial charge >= 0.3 is 0 Å². The van der Waals surface area contributed by atoms with Crippen molar-refractivity contribution in [1.29, 1.82) is 0 Å². The number of hydrogen-bond acceptors (Lipinski definition) is 3. The van der Waals surface area contributed by atoms with Crippen LogP contribution in [-0.2, 0) is 4.79 Å². The first-order valence-electron chi connectivity index (χ1n) is 5.43. The number of carbonyl (C=O) groups is 1. The normalized spacial score (nSPS) is 10.0. The van der Waals surface area contributed by atoms with Gasteiger partial charge in [-0.05, 0) is 24.3 Å². The van der Waals surface area contributed by atoms with Crippen molar-refractivity contribution in [3.8, 4) is 5.75 Å². The van der Waals surface area contributed by atoms with Crippen LogP contribution in [0.5, 0.6) is 5.75 Å². The van der Waals surface area contributed by atoms with Gasteiger partial charge in [0, 0.05) is 12.3 Å². The molecule has 0 radical (unpaired) electrons. The van der Waals surface area contributed by atoms with Crippen LogP contribution in [0.25, 0.3) is 0 Å². The van der Waals surface area contributed by atoms with Crippen LogP contribution in [0.3, 0.4) is 0 Å². The van der Waals surface area contributed by atoms with Crippen LogP contribution in [0.2, 0.25) is 5.02 Å². The molecule has 0 aliphatic heterocycles. The fourth-order valence-electron chi connectivity index (χ4n) is 1.35. The van der Waals surface area contributed by atoms with Crippen molar-refractivity contribution in [2.24, 2.45) is 0 Å². The molecule has 1 amide bonds. The summed E-state index contributed by atoms with van der Waals surface area (Å²) in [4.78, 5) is 15.4. The second-order valence-corrected chi connectivity index (χ2v) is 4.06. The number of hydrogen-bond donors (Lipinski definition) is 1. The Hall–Kier alpha value is -2.14. The molecule has 0 aliphatic carbocycles. The predicted octanol–water partition coefficient (Wildman–Crippen LogP) is 2.89. The fourth-order valence-corrected chi connectivity index (χ4v) is 1.52. The number of ether oxygens (including phenoxy) is 1. The molecule has 0 aliphatic rings. The molecule has 0 atom stereocenters. The molecular weight excluding hydrogens is 271 g/mol. The molecule has 98 valence electrons. The van der Waals surface area contributed by atoms with Gasteiger partial charge in [-0.3, -0.25) is 9.78 Å². The molecule has 1 heterocycles. The van der Waals surface area contributed by atoms with Crippen molar-refractivity contribution in [2.45, 2.75) is 0 Å². The maximum atomic E-state index is 12.9. The first-order valence-corrected chi connectivity index (χ1v) is 5.80. The Morgan fingerprint density at radius 2 is 2.26 bits per heavy atom. The Morgan fingerprint density at radius 1 is 1.42 bits per heavy atom. The van der Waals surface area contributed by atoms with E-state index in [0.717, 1.165) is 0 Å². The van der Waals surface area contributed by atoms with Crippen LogP contribution in [0.15, 0.2) is 42.7 Å². The second kappa shape index (κ2) is 6.15. The SMILES string of the molecule is O=C(COc1ccc(F)c(Cl)c1)Nc1cccnc1. The summed E-state index contributed by atoms with van der Waals surface area (Å²) in [5, 5.41) is 2.55. The summed E-state index contributed by atoms with van der Waals surface area (Å²) >= 11 is 5.60. The largest absolute Gasteiger partial charge is 0.484 e. The highest BCUT2D eigenvalue weighted by atomic mass is 35.5. The summed E-state index contributed by atoms with van der Waals surface area (Å²) in [7, 11) is 0. The van der Waals surface area contributed by atoms with E-state index in [1.165, 1.54) is 24.4 Å². The van der Waals surface area contributed by atoms with E-state index in [0.29, 0.717) is 11.4 Å². The minimum atomic E-state index is -0.533. The number of benzene rings is 1. The van der Waals surface area contributed by atoms with E-state index in [9.17, 15) is 9.18 Å². The Morgan fingerprint density at radius 3 is 2.95 bits per heavy atom. The van der Waals surface area contributed by atoms with Crippen LogP contribution in [0.1, 0.15) is 0 Å². The minimum absolute atomic E-state index is 0.0508. The van der Waals surface area contributed by atoms with Crippen molar-refractivity contribution >= 4 is 23.2 Å². The molecule has 0 spiro atoms. The number of pyridine rings is 1. The van der Waals surface area contributed by atoms with Crippen LogP contribution in [0, 0.1) is 5.82 Å². The van der Waals surface area contributed by atoms with Crippen LogP contribution >= 0.6 is 11.6 Å². The number of rotatable bonds is 4. The molecule has 0 bridgehead atoms. The smallest absolute Gasteiger partial charge is 0.262 e. The van der Waals surface area contributed by atoms with Gasteiger partial charge in [0.25, 0.3) is 5.91 Å². The van der Waals surface area contributed by atoms with Crippen molar-refractivity contribution in [3.63, 3.8) is 0 Å². The zero-order valence-electron chi connectivity index (χ0n) is 9.77. The maximum Gasteiger partial charge on any atom is 0.262 e. The standard InChI is InChI=1S/C13H10ClFN2O2/c14-11-6-10(3-4-12(11)15)19-8-13(18)17-9-2-1-5-16-7-9/h1-7H,8H2,(H,17,18). The quantitative estimate of drug-likeness (QED) is 0.937. The molecule has 2 rings (SSSR count). The number of aromatic nitrogens is 1. The summed E-state index contributed by atoms with van der Waals surface area (Å²) in [6.45, 7) is -0.198. The lowest BCUT2D eigenvalue weighted by Gasteiger charge is -2.07. The zero-order chi connectivity index (χ0) is 13.7. The van der Waals surface area contributed by atoms with Gasteiger partial charge in [0.15, 0.2) is 6.61 Å². The average Bonchev–Trinajstić information content (AvgIpc) is 2.41. The van der Waals surface area contributed by atoms with E-state index >= 15 is 0 Å². The van der Waals surface area contributed by atoms with Crippen molar-refractivity contribution in [3.05, 3.63) is 53.6 Å². The summed E-state index contributed by atoms with van der Waals surface area (Å²) < 4.78 is 18.1. The summed E-state index contributed by atoms with van der Waals surface area (Å²) in [6, 6.07) is 7.30. The molecule has 0 saturated heterocycles. The molecule has 2 aromatic rings. The molecule has 0 fully saturated rings. The molecule has 6 heteroatoms. The van der Waals surface area contributed by atoms with E-state index in [4.69, 9.17) is 16.3 Å². The van der Waals surface area contributed by atoms with E-state index in [1.807, 2.05) is 0 Å². The van der Waals surface area contributed by atoms with Gasteiger partial charge in [-0.25, -0.2) is 4.39 Å². The van der Waals surface area contributed by atoms with Crippen molar-refractivity contribution in [1.82, 2.24) is 4.98 Å². The zero-order valence-corrected chi connectivity index (χ0v) is 10.5. The fraction of sp³-hybridized carbons (Fsp3) is 0.0769. The lowest BCUT2D eigenvalue weighted by Crippen LogP contribution is -2.20. The predicted molar refractivity (Wildman–Crippen MR) is 69.8 cm³/mol. The highest BCUT2D eigenvalue weighted by molar-refractivity contribution is 6.30. The minimum Gasteiger partial charge on any atom is -0.484 e. The maximum absolute atomic E-state index is 12.9. The third-order valence-electron chi connectivity index (χ3n) is 2.21. The Balaban J connectivity index is 1.88. The number of amides is 1. The second-order valence-electron chi connectivity index (χ2n) is 3.65. The van der Waals surface area contributed by atoms with Gasteiger partial charge in [-0.1, -0.05) is 11.6 Å². The Kier molecular flexibility index (Phi) is 4.30. The van der Waals surface area contributed by atoms with E-state index in [-0.39, 0.29) is 17.5 Å². The van der Waals surface area contributed by atoms with E-state index in [1.54, 1.807) is 18.3 Å². The monoisotopic (exact) mass is 280 g/mol. The van der Waals surface area contributed by atoms with Crippen LogP contribution in [-0.4, -0.2) is 17.5 Å². The Bertz CT molecular complexity index is 578. The lowest BCUT2D eigenvalue weighted by atomic mass is 10.3. The van der Waals surface area contributed by atoms with E-state index in [2.05, 4.69) is 10.3 Å². The molecule has 0 saturated carbocycles. The first-order chi connectivity index (χ1) is 9.15. The number of halogens is 2. The third kappa shape index (κ3) is 3.93. The van der Waals surface area contributed by atoms with Gasteiger partial charge in [-0.15, -0.1) is 0 Å². The topological polar surface area (TPSA) is 51.2 Å². The van der Waals surface area contributed by atoms with E-state index < -0.39 is 5.82 Å². The molecule has 4 nitrogen and oxygen atoms in total. The van der Waals surface area contributed by atoms with Gasteiger partial charge in [-0.2, -0.15) is 0 Å². The molecule has 1 N–H and O–H groups in total. The summed E-state index contributed by atoms with van der Waals surface area (Å²) in [5.41, 5.74) is 0.577. The molecule has 1 aromatic heterocycles. The third-order valence-corrected chi connectivity index (χ3v) is 2.50. The average molecular weight is 281 g/mol. The van der Waals surface area contributed by atoms with Crippen LogP contribution in [0.4, 0.5) is 10.1 Å². The van der Waals surface area contributed by atoms with Gasteiger partial charge in [0.2, 0.25) is 0 Å². The number of nitrogens with zero attached hydrogens (tertiary/aromatic N) is 1. The first kappa shape index (κ1) is 13.3. The highest BCUT2D eigenvalue weighted by Crippen LogP contribution is 2.20. The van der Waals surface area contributed by atoms with Crippen molar-refractivity contribution < 1.29 is 13.9 Å². The highest BCUT2D eigenvalue weighted by Gasteiger charge is 2.05. The van der Waals surface area contributed by atoms with Gasteiger partial charge in [0.05, 0.1) is 16.9 Å². The molecular formula is C13H10ClFN2O2. The van der Waals surface area contributed by atoms with Crippen molar-refractivity contribution in [2.75, 3.05) is 11.9 Å². The van der Waals surface area contributed by atoms with Crippen LogP contribution < -0.4 is 10.1 Å². The number of carbonyl (C=O) groups excluding carboxylic acids is 1. The number of anilines is 1. The Labute approximate surface area is 114 Å². The molecule has 19 heavy (non-hydrogen) atoms. The van der Waals surface area contributed by atoms with Gasteiger partial charge in [0.1, 0.15) is 11.6 Å². The number of nitrogens with one attached hydrogen (secondary N) is 1. The lowest BCUT2D eigenvalue weighted by molar-refractivity contribution is -0.118. The van der Waals surface area contributed by atoms with Gasteiger partial charge < -0.3 is 10.1 Å². The molecule has 1 aromatic carbocycles. The summed E-state index contributed by atoms with van der Waals surface area (Å²) in [5.74, 6) is -0.546. The molecule has 0 unspecified atom stereocenters. The summed E-state index contributed by atoms with van der Waals surface area (Å²) in [6.07, 6.45) is 3.12.